The molecule has 0 bridgehead atoms. The summed E-state index contributed by atoms with van der Waals surface area (Å²) >= 11 is 0. The fraction of sp³-hybridized carbons (Fsp3) is 0.457. The molecule has 1 unspecified atom stereocenters. The van der Waals surface area contributed by atoms with Crippen LogP contribution in [-0.2, 0) is 43.4 Å². The Kier molecular flexibility index (Phi) is 19.5. The molecule has 0 aliphatic carbocycles. The molecule has 0 aliphatic rings. The van der Waals surface area contributed by atoms with E-state index in [0.29, 0.717) is 24.9 Å². The van der Waals surface area contributed by atoms with E-state index in [2.05, 4.69) is 26.6 Å². The number of ether oxygens (including phenoxy) is 2. The molecular formula is C46H63N5O8. The van der Waals surface area contributed by atoms with Gasteiger partial charge in [-0.3, -0.25) is 14.4 Å². The number of benzene rings is 3. The highest BCUT2D eigenvalue weighted by molar-refractivity contribution is 5.91. The summed E-state index contributed by atoms with van der Waals surface area (Å²) in [5.74, 6) is -1.71. The third-order valence-corrected chi connectivity index (χ3v) is 9.30. The molecule has 3 rings (SSSR count). The first-order valence-corrected chi connectivity index (χ1v) is 20.3. The number of amides is 5. The van der Waals surface area contributed by atoms with E-state index in [9.17, 15) is 29.1 Å². The van der Waals surface area contributed by atoms with E-state index < -0.39 is 53.6 Å². The van der Waals surface area contributed by atoms with Gasteiger partial charge in [-0.1, -0.05) is 113 Å². The number of carbonyl (C=O) groups is 5. The summed E-state index contributed by atoms with van der Waals surface area (Å²) in [7, 11) is 0. The molecule has 0 saturated carbocycles. The van der Waals surface area contributed by atoms with Crippen LogP contribution in [0.15, 0.2) is 97.1 Å². The minimum atomic E-state index is -1.08. The van der Waals surface area contributed by atoms with Gasteiger partial charge in [0, 0.05) is 25.6 Å². The van der Waals surface area contributed by atoms with E-state index in [0.717, 1.165) is 11.1 Å². The van der Waals surface area contributed by atoms with Crippen molar-refractivity contribution < 1.29 is 38.6 Å². The highest BCUT2D eigenvalue weighted by atomic mass is 16.6. The standard InChI is InChI=1S/C46H63N5O8/c1-31(2)37(41(53)48-29-34-16-10-8-11-17-34)25-26-38(32(3)4)49-43(55)40(28-33-21-23-36(52)24-22-33)50-42(54)39(51-45(57)59-46(5,6)7)20-14-15-27-47-44(56)58-30-35-18-12-9-13-19-35/h8-13,16-19,21-26,31-32,37-40,52H,14-15,20,27-30H2,1-7H3,(H,47,56)(H,48,53)(H,49,55)(H,50,54)(H,51,57)/b26-25+/t37?,38-,39+,40+/m1/s1. The Morgan fingerprint density at radius 1 is 0.644 bits per heavy atom. The monoisotopic (exact) mass is 813 g/mol. The second-order valence-corrected chi connectivity index (χ2v) is 16.3. The van der Waals surface area contributed by atoms with Gasteiger partial charge in [0.05, 0.1) is 5.92 Å². The Bertz CT molecular complexity index is 1790. The van der Waals surface area contributed by atoms with Crippen LogP contribution in [0, 0.1) is 17.8 Å². The summed E-state index contributed by atoms with van der Waals surface area (Å²) in [4.78, 5) is 66.5. The number of hydrogen-bond acceptors (Lipinski definition) is 8. The highest BCUT2D eigenvalue weighted by Crippen LogP contribution is 2.17. The fourth-order valence-electron chi connectivity index (χ4n) is 5.96. The molecule has 13 nitrogen and oxygen atoms in total. The van der Waals surface area contributed by atoms with Crippen molar-refractivity contribution in [2.75, 3.05) is 6.54 Å². The first-order valence-electron chi connectivity index (χ1n) is 20.3. The minimum Gasteiger partial charge on any atom is -0.508 e. The van der Waals surface area contributed by atoms with Crippen molar-refractivity contribution in [3.05, 3.63) is 114 Å². The lowest BCUT2D eigenvalue weighted by atomic mass is 9.92. The number of rotatable bonds is 21. The first kappa shape index (κ1) is 47.5. The number of phenols is 1. The van der Waals surface area contributed by atoms with Crippen LogP contribution in [0.5, 0.6) is 5.75 Å². The normalized spacial score (nSPS) is 13.5. The molecule has 0 saturated heterocycles. The van der Waals surface area contributed by atoms with E-state index in [1.165, 1.54) is 12.1 Å². The summed E-state index contributed by atoms with van der Waals surface area (Å²) < 4.78 is 10.7. The summed E-state index contributed by atoms with van der Waals surface area (Å²) in [6.07, 6.45) is 3.45. The van der Waals surface area contributed by atoms with Crippen molar-refractivity contribution in [1.29, 1.82) is 0 Å². The molecule has 6 N–H and O–H groups in total. The van der Waals surface area contributed by atoms with Gasteiger partial charge in [0.1, 0.15) is 30.0 Å². The van der Waals surface area contributed by atoms with Gasteiger partial charge < -0.3 is 41.2 Å². The summed E-state index contributed by atoms with van der Waals surface area (Å²) in [6, 6.07) is 22.6. The quantitative estimate of drug-likeness (QED) is 0.0508. The topological polar surface area (TPSA) is 184 Å². The summed E-state index contributed by atoms with van der Waals surface area (Å²) in [6.45, 7) is 13.7. The van der Waals surface area contributed by atoms with E-state index >= 15 is 0 Å². The Balaban J connectivity index is 1.73. The second kappa shape index (κ2) is 24.2. The molecule has 0 aromatic heterocycles. The smallest absolute Gasteiger partial charge is 0.408 e. The molecular weight excluding hydrogens is 751 g/mol. The average molecular weight is 814 g/mol. The van der Waals surface area contributed by atoms with E-state index in [4.69, 9.17) is 9.47 Å². The van der Waals surface area contributed by atoms with E-state index in [-0.39, 0.29) is 49.5 Å². The van der Waals surface area contributed by atoms with Gasteiger partial charge in [-0.05, 0) is 80.7 Å². The number of nitrogens with one attached hydrogen (secondary N) is 5. The molecule has 320 valence electrons. The van der Waals surface area contributed by atoms with Crippen molar-refractivity contribution in [3.63, 3.8) is 0 Å². The lowest BCUT2D eigenvalue weighted by molar-refractivity contribution is -0.130. The van der Waals surface area contributed by atoms with Gasteiger partial charge in [0.15, 0.2) is 0 Å². The lowest BCUT2D eigenvalue weighted by Gasteiger charge is -2.27. The molecule has 3 aromatic rings. The van der Waals surface area contributed by atoms with E-state index in [1.807, 2.05) is 101 Å². The molecule has 3 aromatic carbocycles. The number of hydrogen-bond donors (Lipinski definition) is 6. The van der Waals surface area contributed by atoms with Gasteiger partial charge in [-0.2, -0.15) is 0 Å². The van der Waals surface area contributed by atoms with Gasteiger partial charge >= 0.3 is 12.2 Å². The number of aromatic hydroxyl groups is 1. The summed E-state index contributed by atoms with van der Waals surface area (Å²) in [5.41, 5.74) is 1.69. The van der Waals surface area contributed by atoms with Gasteiger partial charge in [0.25, 0.3) is 0 Å². The maximum atomic E-state index is 14.1. The predicted octanol–water partition coefficient (Wildman–Crippen LogP) is 6.70. The SMILES string of the molecule is CC(C)C(/C=C/[C@@H](NC(=O)[C@H](Cc1ccc(O)cc1)NC(=O)[C@H](CCCCNC(=O)OCc1ccccc1)NC(=O)OC(C)(C)C)C(C)C)C(=O)NCc1ccccc1. The molecule has 0 radical (unpaired) electrons. The molecule has 5 amide bonds. The predicted molar refractivity (Wildman–Crippen MR) is 228 cm³/mol. The molecule has 0 heterocycles. The number of phenolic OH excluding ortho intramolecular Hbond substituents is 1. The van der Waals surface area contributed by atoms with Crippen molar-refractivity contribution in [3.8, 4) is 5.75 Å². The molecule has 59 heavy (non-hydrogen) atoms. The van der Waals surface area contributed by atoms with Crippen molar-refractivity contribution in [2.24, 2.45) is 17.8 Å². The lowest BCUT2D eigenvalue weighted by Crippen LogP contribution is -2.56. The van der Waals surface area contributed by atoms with Crippen LogP contribution in [0.3, 0.4) is 0 Å². The van der Waals surface area contributed by atoms with Crippen LogP contribution >= 0.6 is 0 Å². The first-order chi connectivity index (χ1) is 28.0. The average Bonchev–Trinajstić information content (AvgIpc) is 3.18. The zero-order chi connectivity index (χ0) is 43.4. The Labute approximate surface area is 349 Å². The van der Waals surface area contributed by atoms with Crippen LogP contribution in [0.1, 0.15) is 84.4 Å². The third-order valence-electron chi connectivity index (χ3n) is 9.30. The zero-order valence-electron chi connectivity index (χ0n) is 35.5. The van der Waals surface area contributed by atoms with Crippen molar-refractivity contribution in [2.45, 2.75) is 111 Å². The highest BCUT2D eigenvalue weighted by Gasteiger charge is 2.30. The van der Waals surface area contributed by atoms with Crippen molar-refractivity contribution >= 4 is 29.9 Å². The van der Waals surface area contributed by atoms with Gasteiger partial charge in [0.2, 0.25) is 17.7 Å². The molecule has 0 fully saturated rings. The molecule has 13 heteroatoms. The van der Waals surface area contributed by atoms with Crippen LogP contribution in [0.2, 0.25) is 0 Å². The molecule has 0 spiro atoms. The van der Waals surface area contributed by atoms with Crippen molar-refractivity contribution in [1.82, 2.24) is 26.6 Å². The van der Waals surface area contributed by atoms with Gasteiger partial charge in [-0.25, -0.2) is 9.59 Å². The second-order valence-electron chi connectivity index (χ2n) is 16.3. The number of carbonyl (C=O) groups excluding carboxylic acids is 5. The maximum absolute atomic E-state index is 14.1. The zero-order valence-corrected chi connectivity index (χ0v) is 35.5. The third kappa shape index (κ3) is 18.5. The Morgan fingerprint density at radius 2 is 1.25 bits per heavy atom. The number of unbranched alkanes of at least 4 members (excludes halogenated alkanes) is 1. The van der Waals surface area contributed by atoms with E-state index in [1.54, 1.807) is 32.9 Å². The largest absolute Gasteiger partial charge is 0.508 e. The number of alkyl carbamates (subject to hydrolysis) is 2. The molecule has 0 aliphatic heterocycles. The van der Waals surface area contributed by atoms with Gasteiger partial charge in [-0.15, -0.1) is 0 Å². The fourth-order valence-corrected chi connectivity index (χ4v) is 5.96. The van der Waals surface area contributed by atoms with Crippen LogP contribution in [-0.4, -0.2) is 65.3 Å². The Morgan fingerprint density at radius 3 is 1.85 bits per heavy atom. The Hall–Kier alpha value is -5.85. The van der Waals surface area contributed by atoms with Crippen LogP contribution < -0.4 is 26.6 Å². The maximum Gasteiger partial charge on any atom is 0.408 e. The molecule has 4 atom stereocenters. The minimum absolute atomic E-state index is 0.0225. The van der Waals surface area contributed by atoms with Crippen LogP contribution in [0.25, 0.3) is 0 Å². The summed E-state index contributed by atoms with van der Waals surface area (Å²) in [5, 5.41) is 24.2. The van der Waals surface area contributed by atoms with Crippen LogP contribution in [0.4, 0.5) is 9.59 Å².